The minimum Gasteiger partial charge on any atom is -0.411 e. The molecule has 10 heteroatoms. The number of hydrogen-bond acceptors (Lipinski definition) is 7. The molecule has 164 valence electrons. The molecule has 1 fully saturated rings. The van der Waals surface area contributed by atoms with Gasteiger partial charge >= 0.3 is 0 Å². The van der Waals surface area contributed by atoms with Crippen molar-refractivity contribution in [2.75, 3.05) is 18.8 Å². The highest BCUT2D eigenvalue weighted by atomic mass is 32.2. The van der Waals surface area contributed by atoms with E-state index in [0.29, 0.717) is 18.7 Å². The quantitative estimate of drug-likeness (QED) is 0.582. The summed E-state index contributed by atoms with van der Waals surface area (Å²) < 4.78 is 33.0. The largest absolute Gasteiger partial charge is 0.411 e. The Labute approximate surface area is 181 Å². The minimum atomic E-state index is -3.54. The van der Waals surface area contributed by atoms with Crippen molar-refractivity contribution < 1.29 is 17.6 Å². The van der Waals surface area contributed by atoms with E-state index in [1.807, 2.05) is 13.8 Å². The lowest BCUT2D eigenvalue weighted by atomic mass is 10.2. The van der Waals surface area contributed by atoms with Gasteiger partial charge in [0.05, 0.1) is 10.6 Å². The molecule has 0 spiro atoms. The molecule has 0 radical (unpaired) electrons. The molecule has 1 saturated heterocycles. The molecule has 0 saturated carbocycles. The Balaban J connectivity index is 1.67. The molecule has 1 aromatic carbocycles. The molecule has 1 aromatic heterocycles. The topological polar surface area (TPSA) is 105 Å². The normalized spacial score (nSPS) is 15.4. The summed E-state index contributed by atoms with van der Waals surface area (Å²) in [5.74, 6) is 0.332. The van der Waals surface area contributed by atoms with E-state index >= 15 is 0 Å². The summed E-state index contributed by atoms with van der Waals surface area (Å²) in [6.07, 6.45) is 4.59. The van der Waals surface area contributed by atoms with Crippen LogP contribution < -0.4 is 5.32 Å². The second-order valence-electron chi connectivity index (χ2n) is 7.24. The molecule has 30 heavy (non-hydrogen) atoms. The predicted molar refractivity (Wildman–Crippen MR) is 116 cm³/mol. The zero-order valence-electron chi connectivity index (χ0n) is 17.3. The number of rotatable bonds is 9. The molecule has 2 aromatic rings. The van der Waals surface area contributed by atoms with Gasteiger partial charge < -0.3 is 9.73 Å². The number of nitrogens with one attached hydrogen (secondary N) is 1. The standard InChI is InChI=1S/C20H28N4O4S2/c1-3-16(4-2)21-18(25)14-29-20-23-22-19(28-20)15-9-8-10-17(13-15)30(26,27)24-11-6-5-7-12-24/h8-10,13,16H,3-7,11-12,14H2,1-2H3,(H,21,25). The molecular formula is C20H28N4O4S2. The second kappa shape index (κ2) is 10.4. The van der Waals surface area contributed by atoms with E-state index in [1.165, 1.54) is 4.31 Å². The van der Waals surface area contributed by atoms with Crippen LogP contribution in [-0.4, -0.2) is 53.7 Å². The maximum atomic E-state index is 12.9. The van der Waals surface area contributed by atoms with Gasteiger partial charge in [0.2, 0.25) is 21.8 Å². The van der Waals surface area contributed by atoms with Crippen LogP contribution in [0.25, 0.3) is 11.5 Å². The fourth-order valence-corrected chi connectivity index (χ4v) is 5.46. The summed E-state index contributed by atoms with van der Waals surface area (Å²) in [4.78, 5) is 12.3. The summed E-state index contributed by atoms with van der Waals surface area (Å²) in [5.41, 5.74) is 0.536. The summed E-state index contributed by atoms with van der Waals surface area (Å²) in [5, 5.41) is 11.2. The van der Waals surface area contributed by atoms with Crippen LogP contribution in [-0.2, 0) is 14.8 Å². The predicted octanol–water partition coefficient (Wildman–Crippen LogP) is 3.31. The number of sulfonamides is 1. The number of amides is 1. The fraction of sp³-hybridized carbons (Fsp3) is 0.550. The van der Waals surface area contributed by atoms with E-state index in [9.17, 15) is 13.2 Å². The van der Waals surface area contributed by atoms with Gasteiger partial charge in [-0.1, -0.05) is 38.1 Å². The van der Waals surface area contributed by atoms with Gasteiger partial charge in [0.1, 0.15) is 0 Å². The summed E-state index contributed by atoms with van der Waals surface area (Å²) in [6.45, 7) is 5.16. The van der Waals surface area contributed by atoms with Crippen LogP contribution in [0.2, 0.25) is 0 Å². The Morgan fingerprint density at radius 1 is 1.20 bits per heavy atom. The lowest BCUT2D eigenvalue weighted by molar-refractivity contribution is -0.119. The summed E-state index contributed by atoms with van der Waals surface area (Å²) in [6, 6.07) is 6.72. The van der Waals surface area contributed by atoms with E-state index in [0.717, 1.165) is 43.9 Å². The Kier molecular flexibility index (Phi) is 7.90. The lowest BCUT2D eigenvalue weighted by Crippen LogP contribution is -2.35. The second-order valence-corrected chi connectivity index (χ2v) is 10.1. The molecule has 3 rings (SSSR count). The van der Waals surface area contributed by atoms with Crippen molar-refractivity contribution in [1.82, 2.24) is 19.8 Å². The third-order valence-electron chi connectivity index (χ3n) is 5.12. The van der Waals surface area contributed by atoms with Crippen molar-refractivity contribution in [3.05, 3.63) is 24.3 Å². The minimum absolute atomic E-state index is 0.0805. The van der Waals surface area contributed by atoms with Gasteiger partial charge in [-0.25, -0.2) is 8.42 Å². The average molecular weight is 453 g/mol. The number of piperidine rings is 1. The molecule has 0 aliphatic carbocycles. The fourth-order valence-electron chi connectivity index (χ4n) is 3.32. The number of carbonyl (C=O) groups is 1. The number of nitrogens with zero attached hydrogens (tertiary/aromatic N) is 3. The van der Waals surface area contributed by atoms with Gasteiger partial charge in [0, 0.05) is 24.7 Å². The average Bonchev–Trinajstić information content (AvgIpc) is 3.26. The molecule has 8 nitrogen and oxygen atoms in total. The van der Waals surface area contributed by atoms with Crippen LogP contribution in [0.15, 0.2) is 38.8 Å². The van der Waals surface area contributed by atoms with Crippen molar-refractivity contribution in [2.24, 2.45) is 0 Å². The third kappa shape index (κ3) is 5.61. The summed E-state index contributed by atoms with van der Waals surface area (Å²) >= 11 is 1.16. The number of benzene rings is 1. The molecule has 1 amide bonds. The van der Waals surface area contributed by atoms with Gasteiger partial charge in [-0.15, -0.1) is 10.2 Å². The third-order valence-corrected chi connectivity index (χ3v) is 7.83. The SMILES string of the molecule is CCC(CC)NC(=O)CSc1nnc(-c2cccc(S(=O)(=O)N3CCCCC3)c2)o1. The zero-order chi connectivity index (χ0) is 21.6. The van der Waals surface area contributed by atoms with E-state index < -0.39 is 10.0 Å². The molecule has 1 N–H and O–H groups in total. The monoisotopic (exact) mass is 452 g/mol. The Morgan fingerprint density at radius 3 is 2.63 bits per heavy atom. The first-order valence-electron chi connectivity index (χ1n) is 10.3. The van der Waals surface area contributed by atoms with E-state index in [-0.39, 0.29) is 33.7 Å². The first-order chi connectivity index (χ1) is 14.4. The molecule has 0 bridgehead atoms. The number of aromatic nitrogens is 2. The zero-order valence-corrected chi connectivity index (χ0v) is 19.0. The number of thioether (sulfide) groups is 1. The van der Waals surface area contributed by atoms with Crippen LogP contribution in [0.5, 0.6) is 0 Å². The van der Waals surface area contributed by atoms with E-state index in [1.54, 1.807) is 24.3 Å². The highest BCUT2D eigenvalue weighted by Crippen LogP contribution is 2.27. The van der Waals surface area contributed by atoms with Crippen LogP contribution in [0.1, 0.15) is 46.0 Å². The van der Waals surface area contributed by atoms with Crippen molar-refractivity contribution in [3.63, 3.8) is 0 Å². The maximum Gasteiger partial charge on any atom is 0.277 e. The van der Waals surface area contributed by atoms with Crippen LogP contribution in [0, 0.1) is 0 Å². The van der Waals surface area contributed by atoms with E-state index in [4.69, 9.17) is 4.42 Å². The van der Waals surface area contributed by atoms with Crippen molar-refractivity contribution in [3.8, 4) is 11.5 Å². The maximum absolute atomic E-state index is 12.9. The highest BCUT2D eigenvalue weighted by molar-refractivity contribution is 7.99. The van der Waals surface area contributed by atoms with E-state index in [2.05, 4.69) is 15.5 Å². The molecule has 2 heterocycles. The Hall–Kier alpha value is -1.91. The molecule has 0 atom stereocenters. The first kappa shape index (κ1) is 22.8. The molecular weight excluding hydrogens is 424 g/mol. The van der Waals surface area contributed by atoms with Gasteiger partial charge in [0.25, 0.3) is 5.22 Å². The number of carbonyl (C=O) groups excluding carboxylic acids is 1. The first-order valence-corrected chi connectivity index (χ1v) is 12.7. The van der Waals surface area contributed by atoms with Gasteiger partial charge in [-0.3, -0.25) is 4.79 Å². The molecule has 1 aliphatic heterocycles. The van der Waals surface area contributed by atoms with Gasteiger partial charge in [0.15, 0.2) is 0 Å². The van der Waals surface area contributed by atoms with Crippen LogP contribution in [0.4, 0.5) is 0 Å². The number of hydrogen-bond donors (Lipinski definition) is 1. The lowest BCUT2D eigenvalue weighted by Gasteiger charge is -2.25. The molecule has 0 unspecified atom stereocenters. The van der Waals surface area contributed by atoms with Crippen LogP contribution in [0.3, 0.4) is 0 Å². The van der Waals surface area contributed by atoms with Gasteiger partial charge in [-0.05, 0) is 43.9 Å². The van der Waals surface area contributed by atoms with Crippen molar-refractivity contribution in [2.45, 2.75) is 62.1 Å². The van der Waals surface area contributed by atoms with Crippen molar-refractivity contribution in [1.29, 1.82) is 0 Å². The Morgan fingerprint density at radius 2 is 1.93 bits per heavy atom. The van der Waals surface area contributed by atoms with Crippen LogP contribution >= 0.6 is 11.8 Å². The smallest absolute Gasteiger partial charge is 0.277 e. The van der Waals surface area contributed by atoms with Crippen molar-refractivity contribution >= 4 is 27.7 Å². The molecule has 1 aliphatic rings. The highest BCUT2D eigenvalue weighted by Gasteiger charge is 2.26. The summed E-state index contributed by atoms with van der Waals surface area (Å²) in [7, 11) is -3.54. The Bertz CT molecular complexity index is 951. The van der Waals surface area contributed by atoms with Gasteiger partial charge in [-0.2, -0.15) is 4.31 Å².